The molecule has 0 bridgehead atoms. The summed E-state index contributed by atoms with van der Waals surface area (Å²) in [6, 6.07) is 9.64. The van der Waals surface area contributed by atoms with E-state index < -0.39 is 0 Å². The number of hydrogen-bond donors (Lipinski definition) is 1. The zero-order valence-electron chi connectivity index (χ0n) is 18.0. The number of carbonyl (C=O) groups is 2. The van der Waals surface area contributed by atoms with Crippen LogP contribution in [-0.4, -0.2) is 51.2 Å². The second kappa shape index (κ2) is 9.62. The standard InChI is InChI=1S/C22H24N6O2S/c1-14-17(15(2)28-22(25-14)16(11-23)12-24-28)9-10-21(30)27(3)13-20(29)26-18-7-5-6-8-19(18)31-4/h5-8,12H,9-10,13H2,1-4H3,(H,26,29). The molecule has 0 saturated carbocycles. The normalized spacial score (nSPS) is 10.7. The lowest BCUT2D eigenvalue weighted by molar-refractivity contribution is -0.133. The third-order valence-corrected chi connectivity index (χ3v) is 5.90. The molecule has 0 saturated heterocycles. The van der Waals surface area contributed by atoms with Crippen molar-refractivity contribution in [2.45, 2.75) is 31.6 Å². The molecular weight excluding hydrogens is 412 g/mol. The highest BCUT2D eigenvalue weighted by Crippen LogP contribution is 2.24. The van der Waals surface area contributed by atoms with E-state index >= 15 is 0 Å². The van der Waals surface area contributed by atoms with Crippen LogP contribution in [0, 0.1) is 25.2 Å². The summed E-state index contributed by atoms with van der Waals surface area (Å²) in [6.07, 6.45) is 4.15. The summed E-state index contributed by atoms with van der Waals surface area (Å²) in [5.74, 6) is -0.376. The molecule has 2 amide bonds. The molecule has 0 aliphatic carbocycles. The molecule has 0 aliphatic heterocycles. The third kappa shape index (κ3) is 4.86. The van der Waals surface area contributed by atoms with Gasteiger partial charge in [-0.1, -0.05) is 12.1 Å². The van der Waals surface area contributed by atoms with Gasteiger partial charge in [-0.2, -0.15) is 10.4 Å². The van der Waals surface area contributed by atoms with Crippen molar-refractivity contribution in [3.63, 3.8) is 0 Å². The number of anilines is 1. The average molecular weight is 437 g/mol. The molecule has 0 aliphatic rings. The lowest BCUT2D eigenvalue weighted by atomic mass is 10.1. The topological polar surface area (TPSA) is 103 Å². The summed E-state index contributed by atoms with van der Waals surface area (Å²) >= 11 is 1.55. The molecule has 160 valence electrons. The second-order valence-corrected chi connectivity index (χ2v) is 8.01. The van der Waals surface area contributed by atoms with Gasteiger partial charge >= 0.3 is 0 Å². The molecule has 0 unspecified atom stereocenters. The first kappa shape index (κ1) is 22.3. The van der Waals surface area contributed by atoms with Crippen molar-refractivity contribution in [2.24, 2.45) is 0 Å². The predicted molar refractivity (Wildman–Crippen MR) is 120 cm³/mol. The molecule has 2 aromatic heterocycles. The van der Waals surface area contributed by atoms with Crippen molar-refractivity contribution in [3.8, 4) is 6.07 Å². The maximum Gasteiger partial charge on any atom is 0.244 e. The summed E-state index contributed by atoms with van der Waals surface area (Å²) in [6.45, 7) is 3.73. The summed E-state index contributed by atoms with van der Waals surface area (Å²) in [4.78, 5) is 31.9. The molecule has 3 aromatic rings. The SMILES string of the molecule is CSc1ccccc1NC(=O)CN(C)C(=O)CCc1c(C)nc2c(C#N)cnn2c1C. The fraction of sp³-hybridized carbons (Fsp3) is 0.318. The van der Waals surface area contributed by atoms with Crippen LogP contribution in [0.15, 0.2) is 35.4 Å². The van der Waals surface area contributed by atoms with E-state index in [-0.39, 0.29) is 24.8 Å². The van der Waals surface area contributed by atoms with E-state index in [1.807, 2.05) is 44.4 Å². The molecule has 0 spiro atoms. The first-order chi connectivity index (χ1) is 14.8. The third-order valence-electron chi connectivity index (χ3n) is 5.11. The lowest BCUT2D eigenvalue weighted by Crippen LogP contribution is -2.35. The summed E-state index contributed by atoms with van der Waals surface area (Å²) in [5.41, 5.74) is 4.21. The van der Waals surface area contributed by atoms with Gasteiger partial charge < -0.3 is 10.2 Å². The number of thioether (sulfide) groups is 1. The smallest absolute Gasteiger partial charge is 0.244 e. The van der Waals surface area contributed by atoms with Crippen LogP contribution in [0.25, 0.3) is 5.65 Å². The van der Waals surface area contributed by atoms with Crippen LogP contribution in [0.3, 0.4) is 0 Å². The average Bonchev–Trinajstić information content (AvgIpc) is 3.16. The zero-order valence-corrected chi connectivity index (χ0v) is 18.8. The van der Waals surface area contributed by atoms with E-state index in [0.717, 1.165) is 27.5 Å². The van der Waals surface area contributed by atoms with Crippen molar-refractivity contribution >= 4 is 34.9 Å². The Kier molecular flexibility index (Phi) is 6.92. The van der Waals surface area contributed by atoms with E-state index in [0.29, 0.717) is 17.6 Å². The molecule has 0 radical (unpaired) electrons. The fourth-order valence-corrected chi connectivity index (χ4v) is 3.97. The Labute approximate surface area is 185 Å². The Morgan fingerprint density at radius 1 is 1.29 bits per heavy atom. The van der Waals surface area contributed by atoms with E-state index in [1.165, 1.54) is 11.1 Å². The van der Waals surface area contributed by atoms with Crippen molar-refractivity contribution in [1.82, 2.24) is 19.5 Å². The van der Waals surface area contributed by atoms with Crippen molar-refractivity contribution in [1.29, 1.82) is 5.26 Å². The van der Waals surface area contributed by atoms with Crippen LogP contribution in [-0.2, 0) is 16.0 Å². The molecule has 2 heterocycles. The second-order valence-electron chi connectivity index (χ2n) is 7.16. The van der Waals surface area contributed by atoms with Gasteiger partial charge in [-0.05, 0) is 44.2 Å². The van der Waals surface area contributed by atoms with Crippen molar-refractivity contribution in [2.75, 3.05) is 25.2 Å². The lowest BCUT2D eigenvalue weighted by Gasteiger charge is -2.18. The van der Waals surface area contributed by atoms with Crippen molar-refractivity contribution in [3.05, 3.63) is 53.0 Å². The Hall–Kier alpha value is -3.38. The van der Waals surface area contributed by atoms with Gasteiger partial charge in [-0.15, -0.1) is 11.8 Å². The van der Waals surface area contributed by atoms with Gasteiger partial charge in [-0.3, -0.25) is 9.59 Å². The van der Waals surface area contributed by atoms with Gasteiger partial charge in [-0.25, -0.2) is 9.50 Å². The van der Waals surface area contributed by atoms with Crippen LogP contribution in [0.4, 0.5) is 5.69 Å². The molecule has 31 heavy (non-hydrogen) atoms. The number of nitriles is 1. The van der Waals surface area contributed by atoms with Gasteiger partial charge in [0.15, 0.2) is 5.65 Å². The summed E-state index contributed by atoms with van der Waals surface area (Å²) in [5, 5.41) is 16.3. The largest absolute Gasteiger partial charge is 0.336 e. The van der Waals surface area contributed by atoms with Gasteiger partial charge in [0.25, 0.3) is 0 Å². The molecule has 9 heteroatoms. The van der Waals surface area contributed by atoms with Gasteiger partial charge in [0.1, 0.15) is 11.6 Å². The highest BCUT2D eigenvalue weighted by atomic mass is 32.2. The fourth-order valence-electron chi connectivity index (χ4n) is 3.42. The minimum Gasteiger partial charge on any atom is -0.336 e. The number of benzene rings is 1. The van der Waals surface area contributed by atoms with Crippen LogP contribution >= 0.6 is 11.8 Å². The molecule has 0 atom stereocenters. The van der Waals surface area contributed by atoms with E-state index in [9.17, 15) is 14.9 Å². The van der Waals surface area contributed by atoms with Gasteiger partial charge in [0, 0.05) is 29.8 Å². The Bertz CT molecular complexity index is 1180. The predicted octanol–water partition coefficient (Wildman–Crippen LogP) is 2.97. The molecule has 1 aromatic carbocycles. The number of hydrogen-bond acceptors (Lipinski definition) is 6. The maximum atomic E-state index is 12.6. The van der Waals surface area contributed by atoms with E-state index in [2.05, 4.69) is 21.5 Å². The van der Waals surface area contributed by atoms with Crippen LogP contribution < -0.4 is 5.32 Å². The van der Waals surface area contributed by atoms with Gasteiger partial charge in [0.05, 0.1) is 18.4 Å². The number of nitrogens with zero attached hydrogens (tertiary/aromatic N) is 5. The number of carbonyl (C=O) groups excluding carboxylic acids is 2. The number of aromatic nitrogens is 3. The van der Waals surface area contributed by atoms with Crippen molar-refractivity contribution < 1.29 is 9.59 Å². The Morgan fingerprint density at radius 2 is 2.03 bits per heavy atom. The summed E-state index contributed by atoms with van der Waals surface area (Å²) in [7, 11) is 1.62. The highest BCUT2D eigenvalue weighted by molar-refractivity contribution is 7.98. The Morgan fingerprint density at radius 3 is 2.74 bits per heavy atom. The number of fused-ring (bicyclic) bond motifs is 1. The van der Waals surface area contributed by atoms with E-state index in [1.54, 1.807) is 23.3 Å². The number of aryl methyl sites for hydroxylation is 2. The number of nitrogens with one attached hydrogen (secondary N) is 1. The molecule has 3 rings (SSSR count). The first-order valence-electron chi connectivity index (χ1n) is 9.76. The van der Waals surface area contributed by atoms with Gasteiger partial charge in [0.2, 0.25) is 11.8 Å². The molecule has 0 fully saturated rings. The monoisotopic (exact) mass is 436 g/mol. The maximum absolute atomic E-state index is 12.6. The first-order valence-corrected chi connectivity index (χ1v) is 11.0. The zero-order chi connectivity index (χ0) is 22.5. The van der Waals surface area contributed by atoms with Crippen LogP contribution in [0.1, 0.15) is 28.9 Å². The number of rotatable bonds is 7. The van der Waals surface area contributed by atoms with Crippen LogP contribution in [0.2, 0.25) is 0 Å². The minimum atomic E-state index is -0.242. The van der Waals surface area contributed by atoms with Crippen LogP contribution in [0.5, 0.6) is 0 Å². The molecule has 8 nitrogen and oxygen atoms in total. The van der Waals surface area contributed by atoms with E-state index in [4.69, 9.17) is 0 Å². The number of amides is 2. The number of likely N-dealkylation sites (N-methyl/N-ethyl adjacent to an activating group) is 1. The Balaban J connectivity index is 1.63. The quantitative estimate of drug-likeness (QED) is 0.571. The number of para-hydroxylation sites is 1. The summed E-state index contributed by atoms with van der Waals surface area (Å²) < 4.78 is 1.63. The molecular formula is C22H24N6O2S. The minimum absolute atomic E-state index is 0.0263. The highest BCUT2D eigenvalue weighted by Gasteiger charge is 2.17. The molecule has 1 N–H and O–H groups in total.